The molecule has 0 amide bonds. The normalized spacial score (nSPS) is 10.7. The van der Waals surface area contributed by atoms with Gasteiger partial charge >= 0.3 is 0 Å². The molecule has 1 aromatic heterocycles. The van der Waals surface area contributed by atoms with E-state index in [1.165, 1.54) is 0 Å². The summed E-state index contributed by atoms with van der Waals surface area (Å²) in [5.74, 6) is 0. The van der Waals surface area contributed by atoms with Gasteiger partial charge < -0.3 is 0 Å². The molecule has 0 fully saturated rings. The van der Waals surface area contributed by atoms with Crippen molar-refractivity contribution in [3.05, 3.63) is 35.7 Å². The van der Waals surface area contributed by atoms with Crippen LogP contribution in [0.25, 0.3) is 6.08 Å². The predicted octanol–water partition coefficient (Wildman–Crippen LogP) is 2.31. The molecule has 0 unspecified atom stereocenters. The van der Waals surface area contributed by atoms with Gasteiger partial charge in [-0.15, -0.1) is 0 Å². The number of hydrogen-bond donors (Lipinski definition) is 1. The Kier molecular flexibility index (Phi) is 2.26. The Morgan fingerprint density at radius 1 is 1.73 bits per heavy atom. The molecule has 1 rings (SSSR count). The maximum atomic E-state index is 3.89. The highest BCUT2D eigenvalue weighted by molar-refractivity contribution is 5.51. The second-order valence-electron chi connectivity index (χ2n) is 2.65. The zero-order valence-corrected chi connectivity index (χ0v) is 6.89. The summed E-state index contributed by atoms with van der Waals surface area (Å²) in [6, 6.07) is 0. The summed E-state index contributed by atoms with van der Waals surface area (Å²) in [5.41, 5.74) is 3.24. The molecular formula is C9H12N2. The van der Waals surface area contributed by atoms with Crippen molar-refractivity contribution in [3.8, 4) is 0 Å². The second kappa shape index (κ2) is 3.19. The van der Waals surface area contributed by atoms with Crippen molar-refractivity contribution >= 4 is 6.08 Å². The average Bonchev–Trinajstić information content (AvgIpc) is 2.31. The highest BCUT2D eigenvalue weighted by Crippen LogP contribution is 2.05. The zero-order chi connectivity index (χ0) is 8.27. The van der Waals surface area contributed by atoms with E-state index in [0.717, 1.165) is 16.8 Å². The number of aromatic nitrogens is 2. The number of nitrogens with zero attached hydrogens (tertiary/aromatic N) is 1. The molecular weight excluding hydrogens is 136 g/mol. The van der Waals surface area contributed by atoms with Gasteiger partial charge in [0.25, 0.3) is 0 Å². The van der Waals surface area contributed by atoms with Gasteiger partial charge in [0.2, 0.25) is 0 Å². The monoisotopic (exact) mass is 148 g/mol. The summed E-state index contributed by atoms with van der Waals surface area (Å²) in [4.78, 5) is 0. The first kappa shape index (κ1) is 7.79. The lowest BCUT2D eigenvalue weighted by molar-refractivity contribution is 1.08. The molecule has 58 valence electrons. The van der Waals surface area contributed by atoms with Crippen molar-refractivity contribution in [2.75, 3.05) is 0 Å². The highest BCUT2D eigenvalue weighted by Gasteiger charge is 1.92. The molecule has 0 saturated heterocycles. The molecule has 0 aliphatic rings. The standard InChI is InChI=1S/C9H12N2/c1-7(2)4-5-9-8(3)6-10-11-9/h4-6H,1H2,2-3H3,(H,10,11)/b5-4-. The van der Waals surface area contributed by atoms with Crippen LogP contribution in [0.3, 0.4) is 0 Å². The molecule has 0 aliphatic carbocycles. The molecule has 11 heavy (non-hydrogen) atoms. The van der Waals surface area contributed by atoms with E-state index < -0.39 is 0 Å². The smallest absolute Gasteiger partial charge is 0.0607 e. The minimum absolute atomic E-state index is 1.04. The number of allylic oxidation sites excluding steroid dienone is 2. The lowest BCUT2D eigenvalue weighted by atomic mass is 10.2. The van der Waals surface area contributed by atoms with Crippen molar-refractivity contribution in [3.63, 3.8) is 0 Å². The third-order valence-corrected chi connectivity index (χ3v) is 1.40. The first-order valence-electron chi connectivity index (χ1n) is 3.53. The Labute approximate surface area is 66.6 Å². The van der Waals surface area contributed by atoms with Gasteiger partial charge in [-0.1, -0.05) is 18.2 Å². The molecule has 1 heterocycles. The largest absolute Gasteiger partial charge is 0.278 e. The van der Waals surface area contributed by atoms with Crippen molar-refractivity contribution in [1.29, 1.82) is 0 Å². The SMILES string of the molecule is C=C(C)/C=C\c1[nH]ncc1C. The lowest BCUT2D eigenvalue weighted by Crippen LogP contribution is -1.74. The number of rotatable bonds is 2. The van der Waals surface area contributed by atoms with Crippen molar-refractivity contribution in [2.24, 2.45) is 0 Å². The first-order chi connectivity index (χ1) is 5.20. The van der Waals surface area contributed by atoms with Crippen LogP contribution in [0.4, 0.5) is 0 Å². The Bertz CT molecular complexity index is 282. The maximum Gasteiger partial charge on any atom is 0.0607 e. The van der Waals surface area contributed by atoms with Crippen LogP contribution in [0.15, 0.2) is 24.4 Å². The molecule has 0 aliphatic heterocycles. The quantitative estimate of drug-likeness (QED) is 0.640. The number of hydrogen-bond acceptors (Lipinski definition) is 1. The predicted molar refractivity (Wildman–Crippen MR) is 47.2 cm³/mol. The summed E-state index contributed by atoms with van der Waals surface area (Å²) in [6.07, 6.45) is 5.74. The molecule has 0 aromatic carbocycles. The van der Waals surface area contributed by atoms with E-state index in [9.17, 15) is 0 Å². The molecule has 0 saturated carbocycles. The van der Waals surface area contributed by atoms with Crippen LogP contribution in [0.5, 0.6) is 0 Å². The molecule has 0 bridgehead atoms. The first-order valence-corrected chi connectivity index (χ1v) is 3.53. The van der Waals surface area contributed by atoms with Gasteiger partial charge in [0, 0.05) is 0 Å². The average molecular weight is 148 g/mol. The molecule has 2 heteroatoms. The van der Waals surface area contributed by atoms with Crippen LogP contribution >= 0.6 is 0 Å². The fourth-order valence-electron chi connectivity index (χ4n) is 0.751. The number of aryl methyl sites for hydroxylation is 1. The van der Waals surface area contributed by atoms with E-state index in [-0.39, 0.29) is 0 Å². The third-order valence-electron chi connectivity index (χ3n) is 1.40. The topological polar surface area (TPSA) is 28.7 Å². The van der Waals surface area contributed by atoms with Crippen LogP contribution in [-0.4, -0.2) is 10.2 Å². The van der Waals surface area contributed by atoms with Crippen LogP contribution < -0.4 is 0 Å². The lowest BCUT2D eigenvalue weighted by Gasteiger charge is -1.87. The number of nitrogens with one attached hydrogen (secondary N) is 1. The van der Waals surface area contributed by atoms with Crippen molar-refractivity contribution in [1.82, 2.24) is 10.2 Å². The molecule has 1 aromatic rings. The van der Waals surface area contributed by atoms with E-state index in [0.29, 0.717) is 0 Å². The van der Waals surface area contributed by atoms with Crippen molar-refractivity contribution in [2.45, 2.75) is 13.8 Å². The van der Waals surface area contributed by atoms with Gasteiger partial charge in [0.1, 0.15) is 0 Å². The fraction of sp³-hybridized carbons (Fsp3) is 0.222. The van der Waals surface area contributed by atoms with Crippen LogP contribution in [0, 0.1) is 6.92 Å². The highest BCUT2D eigenvalue weighted by atomic mass is 15.1. The van der Waals surface area contributed by atoms with Gasteiger partial charge in [0.05, 0.1) is 11.9 Å². The van der Waals surface area contributed by atoms with Gasteiger partial charge in [-0.2, -0.15) is 5.10 Å². The van der Waals surface area contributed by atoms with Crippen LogP contribution in [0.2, 0.25) is 0 Å². The Hall–Kier alpha value is -1.31. The fourth-order valence-corrected chi connectivity index (χ4v) is 0.751. The minimum atomic E-state index is 1.04. The van der Waals surface area contributed by atoms with E-state index in [4.69, 9.17) is 0 Å². The Morgan fingerprint density at radius 2 is 2.45 bits per heavy atom. The molecule has 1 N–H and O–H groups in total. The summed E-state index contributed by atoms with van der Waals surface area (Å²) in [5, 5.41) is 6.78. The van der Waals surface area contributed by atoms with Gasteiger partial charge in [-0.05, 0) is 25.5 Å². The van der Waals surface area contributed by atoms with E-state index >= 15 is 0 Å². The minimum Gasteiger partial charge on any atom is -0.278 e. The Morgan fingerprint density at radius 3 is 2.91 bits per heavy atom. The molecule has 0 spiro atoms. The maximum absolute atomic E-state index is 3.89. The molecule has 2 nitrogen and oxygen atoms in total. The van der Waals surface area contributed by atoms with E-state index in [2.05, 4.69) is 16.8 Å². The van der Waals surface area contributed by atoms with Crippen LogP contribution in [0.1, 0.15) is 18.2 Å². The van der Waals surface area contributed by atoms with Gasteiger partial charge in [-0.3, -0.25) is 5.10 Å². The van der Waals surface area contributed by atoms with Crippen molar-refractivity contribution < 1.29 is 0 Å². The zero-order valence-electron chi connectivity index (χ0n) is 6.89. The second-order valence-corrected chi connectivity index (χ2v) is 2.65. The Balaban J connectivity index is 2.79. The van der Waals surface area contributed by atoms with Gasteiger partial charge in [-0.25, -0.2) is 0 Å². The van der Waals surface area contributed by atoms with Crippen LogP contribution in [-0.2, 0) is 0 Å². The summed E-state index contributed by atoms with van der Waals surface area (Å²) >= 11 is 0. The number of H-pyrrole nitrogens is 1. The summed E-state index contributed by atoms with van der Waals surface area (Å²) in [6.45, 7) is 7.74. The van der Waals surface area contributed by atoms with E-state index in [1.807, 2.05) is 26.0 Å². The van der Waals surface area contributed by atoms with E-state index in [1.54, 1.807) is 6.20 Å². The molecule has 0 atom stereocenters. The summed E-state index contributed by atoms with van der Waals surface area (Å²) < 4.78 is 0. The summed E-state index contributed by atoms with van der Waals surface area (Å²) in [7, 11) is 0. The third kappa shape index (κ3) is 2.08. The van der Waals surface area contributed by atoms with Gasteiger partial charge in [0.15, 0.2) is 0 Å². The molecule has 0 radical (unpaired) electrons. The number of aromatic amines is 1.